The van der Waals surface area contributed by atoms with Crippen molar-refractivity contribution in [3.05, 3.63) is 0 Å². The molecule has 0 bridgehead atoms. The van der Waals surface area contributed by atoms with Gasteiger partial charge in [-0.2, -0.15) is 0 Å². The van der Waals surface area contributed by atoms with Gasteiger partial charge in [-0.3, -0.25) is 14.4 Å². The second kappa shape index (κ2) is 36.1. The summed E-state index contributed by atoms with van der Waals surface area (Å²) in [5.41, 5.74) is 0. The number of esters is 2. The van der Waals surface area contributed by atoms with Gasteiger partial charge in [0, 0.05) is 19.6 Å². The molecule has 0 saturated carbocycles. The van der Waals surface area contributed by atoms with E-state index in [0.29, 0.717) is 39.6 Å². The summed E-state index contributed by atoms with van der Waals surface area (Å²) < 4.78 is 32.2. The van der Waals surface area contributed by atoms with E-state index in [4.69, 9.17) is 28.4 Å². The molecule has 10 nitrogen and oxygen atoms in total. The summed E-state index contributed by atoms with van der Waals surface area (Å²) in [5, 5.41) is 0. The van der Waals surface area contributed by atoms with Crippen molar-refractivity contribution in [2.45, 2.75) is 136 Å². The Bertz CT molecular complexity index is 656. The Labute approximate surface area is 280 Å². The third kappa shape index (κ3) is 32.2. The maximum atomic E-state index is 13.0. The van der Waals surface area contributed by atoms with Crippen LogP contribution in [0, 0.1) is 0 Å². The zero-order valence-corrected chi connectivity index (χ0v) is 29.8. The fourth-order valence-electron chi connectivity index (χ4n) is 4.65. The number of hydrogen-bond acceptors (Lipinski definition) is 9. The van der Waals surface area contributed by atoms with E-state index in [0.717, 1.165) is 44.9 Å². The molecule has 272 valence electrons. The Morgan fingerprint density at radius 3 is 1.11 bits per heavy atom. The van der Waals surface area contributed by atoms with E-state index in [2.05, 4.69) is 20.8 Å². The minimum absolute atomic E-state index is 0.0681. The van der Waals surface area contributed by atoms with Crippen LogP contribution in [0.1, 0.15) is 136 Å². The number of carbonyl (C=O) groups excluding carboxylic acids is 3. The average Bonchev–Trinajstić information content (AvgIpc) is 3.05. The maximum absolute atomic E-state index is 13.0. The first-order valence-corrected chi connectivity index (χ1v) is 18.4. The molecule has 0 fully saturated rings. The predicted octanol–water partition coefficient (Wildman–Crippen LogP) is 7.05. The van der Waals surface area contributed by atoms with Gasteiger partial charge in [-0.15, -0.1) is 0 Å². The van der Waals surface area contributed by atoms with Crippen molar-refractivity contribution < 1.29 is 42.8 Å². The summed E-state index contributed by atoms with van der Waals surface area (Å²) in [6.07, 6.45) is 20.3. The fourth-order valence-corrected chi connectivity index (χ4v) is 4.65. The van der Waals surface area contributed by atoms with Gasteiger partial charge in [0.05, 0.1) is 39.6 Å². The van der Waals surface area contributed by atoms with Crippen molar-refractivity contribution in [3.8, 4) is 0 Å². The largest absolute Gasteiger partial charge is 0.462 e. The fraction of sp³-hybridized carbons (Fsp3) is 0.917. The summed E-state index contributed by atoms with van der Waals surface area (Å²) in [5.74, 6) is -1.42. The molecule has 0 aromatic heterocycles. The normalized spacial score (nSPS) is 11.1. The van der Waals surface area contributed by atoms with Crippen molar-refractivity contribution in [1.82, 2.24) is 4.90 Å². The molecule has 0 aromatic carbocycles. The Balaban J connectivity index is 4.35. The molecule has 0 aliphatic rings. The lowest BCUT2D eigenvalue weighted by Gasteiger charge is -2.21. The van der Waals surface area contributed by atoms with Crippen molar-refractivity contribution in [2.24, 2.45) is 0 Å². The van der Waals surface area contributed by atoms with E-state index in [1.54, 1.807) is 0 Å². The molecule has 0 spiro atoms. The van der Waals surface area contributed by atoms with Crippen LogP contribution in [0.4, 0.5) is 0 Å². The zero-order chi connectivity index (χ0) is 33.8. The lowest BCUT2D eigenvalue weighted by atomic mass is 10.0. The lowest BCUT2D eigenvalue weighted by Crippen LogP contribution is -2.40. The summed E-state index contributed by atoms with van der Waals surface area (Å²) in [6, 6.07) is 0. The number of ether oxygens (including phenoxy) is 6. The van der Waals surface area contributed by atoms with Gasteiger partial charge in [0.15, 0.2) is 0 Å². The van der Waals surface area contributed by atoms with E-state index < -0.39 is 11.9 Å². The quantitative estimate of drug-likeness (QED) is 0.0516. The van der Waals surface area contributed by atoms with E-state index in [9.17, 15) is 14.4 Å². The predicted molar refractivity (Wildman–Crippen MR) is 182 cm³/mol. The van der Waals surface area contributed by atoms with Crippen LogP contribution >= 0.6 is 0 Å². The van der Waals surface area contributed by atoms with Gasteiger partial charge in [0.2, 0.25) is 5.91 Å². The first kappa shape index (κ1) is 44.2. The summed E-state index contributed by atoms with van der Waals surface area (Å²) in [7, 11) is 0. The number of nitrogens with zero attached hydrogens (tertiary/aromatic N) is 1. The third-order valence-electron chi connectivity index (χ3n) is 7.50. The molecule has 0 radical (unpaired) electrons. The second-order valence-corrected chi connectivity index (χ2v) is 11.8. The molecule has 0 atom stereocenters. The van der Waals surface area contributed by atoms with Gasteiger partial charge in [-0.05, 0) is 19.3 Å². The van der Waals surface area contributed by atoms with Crippen molar-refractivity contribution in [2.75, 3.05) is 79.2 Å². The van der Waals surface area contributed by atoms with E-state index >= 15 is 0 Å². The SMILES string of the molecule is CCCCCCCCCCCCCCCC(=O)N(CC(=O)OCCOCCOCCCC)CC(=O)OCCOCCOCCCC. The van der Waals surface area contributed by atoms with Gasteiger partial charge < -0.3 is 33.3 Å². The monoisotopic (exact) mass is 659 g/mol. The van der Waals surface area contributed by atoms with Crippen molar-refractivity contribution in [3.63, 3.8) is 0 Å². The van der Waals surface area contributed by atoms with Crippen LogP contribution in [-0.2, 0) is 42.8 Å². The third-order valence-corrected chi connectivity index (χ3v) is 7.50. The highest BCUT2D eigenvalue weighted by molar-refractivity contribution is 5.86. The molecule has 0 heterocycles. The number of carbonyl (C=O) groups is 3. The molecular weight excluding hydrogens is 590 g/mol. The van der Waals surface area contributed by atoms with Gasteiger partial charge >= 0.3 is 11.9 Å². The molecule has 0 aromatic rings. The Kier molecular flexibility index (Phi) is 34.7. The van der Waals surface area contributed by atoms with Crippen molar-refractivity contribution in [1.29, 1.82) is 0 Å². The first-order chi connectivity index (χ1) is 22.5. The second-order valence-electron chi connectivity index (χ2n) is 11.8. The molecule has 0 rings (SSSR count). The molecular formula is C36H69NO9. The Morgan fingerprint density at radius 1 is 0.391 bits per heavy atom. The van der Waals surface area contributed by atoms with E-state index in [1.165, 1.54) is 69.1 Å². The smallest absolute Gasteiger partial charge is 0.325 e. The molecule has 0 saturated heterocycles. The Hall–Kier alpha value is -1.75. The van der Waals surface area contributed by atoms with Crippen molar-refractivity contribution >= 4 is 17.8 Å². The summed E-state index contributed by atoms with van der Waals surface area (Å²) >= 11 is 0. The van der Waals surface area contributed by atoms with Crippen LogP contribution in [0.25, 0.3) is 0 Å². The van der Waals surface area contributed by atoms with E-state index in [-0.39, 0.29) is 51.8 Å². The van der Waals surface area contributed by atoms with Gasteiger partial charge in [0.1, 0.15) is 26.3 Å². The molecule has 46 heavy (non-hydrogen) atoms. The first-order valence-electron chi connectivity index (χ1n) is 18.4. The molecule has 0 unspecified atom stereocenters. The number of unbranched alkanes of at least 4 members (excludes halogenated alkanes) is 14. The number of rotatable bonds is 36. The zero-order valence-electron chi connectivity index (χ0n) is 29.8. The lowest BCUT2D eigenvalue weighted by molar-refractivity contribution is -0.155. The minimum Gasteiger partial charge on any atom is -0.462 e. The maximum Gasteiger partial charge on any atom is 0.325 e. The number of amides is 1. The standard InChI is InChI=1S/C36H69NO9/c1-4-7-10-11-12-13-14-15-16-17-18-19-20-21-34(38)37(32-35(39)45-30-28-43-26-24-41-22-8-5-2)33-36(40)46-31-29-44-27-25-42-23-9-6-3/h4-33H2,1-3H3. The number of hydrogen-bond donors (Lipinski definition) is 0. The van der Waals surface area contributed by atoms with E-state index in [1.807, 2.05) is 0 Å². The molecule has 1 amide bonds. The van der Waals surface area contributed by atoms with Crippen LogP contribution in [0.15, 0.2) is 0 Å². The molecule has 0 N–H and O–H groups in total. The average molecular weight is 660 g/mol. The van der Waals surface area contributed by atoms with Crippen LogP contribution < -0.4 is 0 Å². The van der Waals surface area contributed by atoms with Crippen LogP contribution in [0.5, 0.6) is 0 Å². The van der Waals surface area contributed by atoms with Gasteiger partial charge in [0.25, 0.3) is 0 Å². The highest BCUT2D eigenvalue weighted by atomic mass is 16.6. The molecule has 0 aliphatic carbocycles. The topological polar surface area (TPSA) is 110 Å². The van der Waals surface area contributed by atoms with Gasteiger partial charge in [-0.25, -0.2) is 0 Å². The molecule has 10 heteroatoms. The Morgan fingerprint density at radius 2 is 0.717 bits per heavy atom. The van der Waals surface area contributed by atoms with Crippen LogP contribution in [-0.4, -0.2) is 102 Å². The van der Waals surface area contributed by atoms with Crippen LogP contribution in [0.2, 0.25) is 0 Å². The minimum atomic E-state index is -0.583. The summed E-state index contributed by atoms with van der Waals surface area (Å²) in [6.45, 7) is 9.71. The summed E-state index contributed by atoms with van der Waals surface area (Å²) in [4.78, 5) is 39.2. The molecule has 0 aliphatic heterocycles. The van der Waals surface area contributed by atoms with Crippen LogP contribution in [0.3, 0.4) is 0 Å². The van der Waals surface area contributed by atoms with Gasteiger partial charge in [-0.1, -0.05) is 111 Å². The highest BCUT2D eigenvalue weighted by Crippen LogP contribution is 2.13. The highest BCUT2D eigenvalue weighted by Gasteiger charge is 2.21.